The van der Waals surface area contributed by atoms with Gasteiger partial charge in [0.25, 0.3) is 0 Å². The van der Waals surface area contributed by atoms with E-state index in [1.54, 1.807) is 0 Å². The summed E-state index contributed by atoms with van der Waals surface area (Å²) in [6.07, 6.45) is 0.795. The molecule has 0 aromatic carbocycles. The third kappa shape index (κ3) is 2.95. The number of aromatic carboxylic acids is 1. The highest BCUT2D eigenvalue weighted by Crippen LogP contribution is 2.12. The Balaban J connectivity index is 2.01. The number of hydrogen-bond donors (Lipinski definition) is 1. The number of carboxylic acids is 1. The van der Waals surface area contributed by atoms with Gasteiger partial charge in [0.1, 0.15) is 6.54 Å². The summed E-state index contributed by atoms with van der Waals surface area (Å²) in [4.78, 5) is 37.3. The summed E-state index contributed by atoms with van der Waals surface area (Å²) in [7, 11) is 0. The lowest BCUT2D eigenvalue weighted by atomic mass is 10.2. The number of piperazine rings is 1. The minimum absolute atomic E-state index is 0.0259. The molecule has 2 amide bonds. The highest BCUT2D eigenvalue weighted by molar-refractivity contribution is 5.92. The highest BCUT2D eigenvalue weighted by Gasteiger charge is 2.30. The average molecular weight is 281 g/mol. The van der Waals surface area contributed by atoms with Crippen LogP contribution in [-0.4, -0.2) is 57.5 Å². The van der Waals surface area contributed by atoms with Crippen LogP contribution < -0.4 is 0 Å². The zero-order chi connectivity index (χ0) is 14.7. The fraction of sp³-hybridized carbons (Fsp3) is 0.500. The van der Waals surface area contributed by atoms with Crippen molar-refractivity contribution in [2.24, 2.45) is 0 Å². The third-order valence-corrected chi connectivity index (χ3v) is 2.98. The standard InChI is InChI=1S/C12H15N3O5/c1-2-3-14-6-11(17)15(7-10(14)16)5-8-4-9(12(18)19)13-20-8/h4H,2-3,5-7H2,1H3,(H,18,19). The molecule has 8 nitrogen and oxygen atoms in total. The first-order chi connectivity index (χ1) is 9.51. The van der Waals surface area contributed by atoms with Gasteiger partial charge in [0.2, 0.25) is 11.8 Å². The van der Waals surface area contributed by atoms with Gasteiger partial charge in [-0.3, -0.25) is 9.59 Å². The molecule has 0 bridgehead atoms. The molecule has 1 saturated heterocycles. The van der Waals surface area contributed by atoms with Gasteiger partial charge in [-0.2, -0.15) is 0 Å². The van der Waals surface area contributed by atoms with Crippen LogP contribution in [0.25, 0.3) is 0 Å². The van der Waals surface area contributed by atoms with E-state index < -0.39 is 5.97 Å². The third-order valence-electron chi connectivity index (χ3n) is 2.98. The molecule has 0 unspecified atom stereocenters. The molecule has 1 fully saturated rings. The van der Waals surface area contributed by atoms with Crippen molar-refractivity contribution in [3.63, 3.8) is 0 Å². The normalized spacial score (nSPS) is 15.8. The maximum Gasteiger partial charge on any atom is 0.358 e. The molecule has 0 radical (unpaired) electrons. The van der Waals surface area contributed by atoms with E-state index in [4.69, 9.17) is 9.63 Å². The lowest BCUT2D eigenvalue weighted by Gasteiger charge is -2.33. The van der Waals surface area contributed by atoms with Crippen LogP contribution in [-0.2, 0) is 16.1 Å². The van der Waals surface area contributed by atoms with E-state index in [1.165, 1.54) is 15.9 Å². The van der Waals surface area contributed by atoms with Crippen molar-refractivity contribution >= 4 is 17.8 Å². The summed E-state index contributed by atoms with van der Waals surface area (Å²) in [5, 5.41) is 12.1. The quantitative estimate of drug-likeness (QED) is 0.811. The van der Waals surface area contributed by atoms with E-state index >= 15 is 0 Å². The van der Waals surface area contributed by atoms with Crippen molar-refractivity contribution < 1.29 is 24.0 Å². The number of amides is 2. The van der Waals surface area contributed by atoms with Gasteiger partial charge < -0.3 is 19.4 Å². The highest BCUT2D eigenvalue weighted by atomic mass is 16.5. The molecule has 0 aliphatic carbocycles. The van der Waals surface area contributed by atoms with E-state index in [1.807, 2.05) is 6.92 Å². The number of aromatic nitrogens is 1. The van der Waals surface area contributed by atoms with Gasteiger partial charge in [-0.15, -0.1) is 0 Å². The Kier molecular flexibility index (Phi) is 4.02. The van der Waals surface area contributed by atoms with E-state index in [9.17, 15) is 14.4 Å². The van der Waals surface area contributed by atoms with Crippen LogP contribution in [0.15, 0.2) is 10.6 Å². The van der Waals surface area contributed by atoms with Crippen LogP contribution in [0, 0.1) is 0 Å². The van der Waals surface area contributed by atoms with Crippen molar-refractivity contribution in [3.8, 4) is 0 Å². The number of nitrogens with zero attached hydrogens (tertiary/aromatic N) is 3. The summed E-state index contributed by atoms with van der Waals surface area (Å²) in [6.45, 7) is 2.56. The number of carbonyl (C=O) groups is 3. The zero-order valence-electron chi connectivity index (χ0n) is 11.0. The maximum absolute atomic E-state index is 11.9. The molecule has 1 aliphatic rings. The van der Waals surface area contributed by atoms with E-state index in [-0.39, 0.29) is 42.9 Å². The van der Waals surface area contributed by atoms with Crippen molar-refractivity contribution in [1.29, 1.82) is 0 Å². The van der Waals surface area contributed by atoms with Gasteiger partial charge in [0.15, 0.2) is 11.5 Å². The molecule has 8 heteroatoms. The van der Waals surface area contributed by atoms with Crippen molar-refractivity contribution in [1.82, 2.24) is 15.0 Å². The zero-order valence-corrected chi connectivity index (χ0v) is 11.0. The van der Waals surface area contributed by atoms with E-state index in [2.05, 4.69) is 5.16 Å². The lowest BCUT2D eigenvalue weighted by Crippen LogP contribution is -2.53. The minimum atomic E-state index is -1.20. The molecular weight excluding hydrogens is 266 g/mol. The van der Waals surface area contributed by atoms with Crippen molar-refractivity contribution in [2.45, 2.75) is 19.9 Å². The first-order valence-corrected chi connectivity index (χ1v) is 6.25. The Hall–Kier alpha value is -2.38. The Morgan fingerprint density at radius 3 is 2.60 bits per heavy atom. The Morgan fingerprint density at radius 2 is 2.00 bits per heavy atom. The summed E-state index contributed by atoms with van der Waals surface area (Å²) in [5.41, 5.74) is -0.219. The van der Waals surface area contributed by atoms with Crippen LogP contribution in [0.4, 0.5) is 0 Å². The second-order valence-corrected chi connectivity index (χ2v) is 4.55. The smallest absolute Gasteiger partial charge is 0.358 e. The van der Waals surface area contributed by atoms with Crippen molar-refractivity contribution in [3.05, 3.63) is 17.5 Å². The van der Waals surface area contributed by atoms with Gasteiger partial charge in [-0.25, -0.2) is 4.79 Å². The van der Waals surface area contributed by atoms with Gasteiger partial charge in [-0.1, -0.05) is 12.1 Å². The van der Waals surface area contributed by atoms with Gasteiger partial charge in [0.05, 0.1) is 13.1 Å². The molecule has 0 saturated carbocycles. The summed E-state index contributed by atoms with van der Waals surface area (Å²) in [6, 6.07) is 1.25. The number of hydrogen-bond acceptors (Lipinski definition) is 5. The van der Waals surface area contributed by atoms with Gasteiger partial charge in [-0.05, 0) is 6.42 Å². The maximum atomic E-state index is 11.9. The molecule has 1 N–H and O–H groups in total. The van der Waals surface area contributed by atoms with E-state index in [0.29, 0.717) is 6.54 Å². The SMILES string of the molecule is CCCN1CC(=O)N(Cc2cc(C(=O)O)no2)CC1=O. The molecule has 108 valence electrons. The van der Waals surface area contributed by atoms with Crippen LogP contribution in [0.3, 0.4) is 0 Å². The number of carboxylic acid groups (broad SMARTS) is 1. The molecule has 1 aromatic heterocycles. The summed E-state index contributed by atoms with van der Waals surface area (Å²) in [5.74, 6) is -1.27. The Labute approximate surface area is 114 Å². The monoisotopic (exact) mass is 281 g/mol. The Morgan fingerprint density at radius 1 is 1.35 bits per heavy atom. The summed E-state index contributed by atoms with van der Waals surface area (Å²) >= 11 is 0. The first kappa shape index (κ1) is 14.0. The largest absolute Gasteiger partial charge is 0.476 e. The average Bonchev–Trinajstić information content (AvgIpc) is 2.84. The molecule has 1 aliphatic heterocycles. The van der Waals surface area contributed by atoms with E-state index in [0.717, 1.165) is 6.42 Å². The fourth-order valence-electron chi connectivity index (χ4n) is 2.00. The van der Waals surface area contributed by atoms with Crippen LogP contribution in [0.1, 0.15) is 29.6 Å². The molecule has 20 heavy (non-hydrogen) atoms. The van der Waals surface area contributed by atoms with Crippen LogP contribution in [0.2, 0.25) is 0 Å². The second-order valence-electron chi connectivity index (χ2n) is 4.55. The predicted molar refractivity (Wildman–Crippen MR) is 65.8 cm³/mol. The molecule has 0 atom stereocenters. The number of rotatable bonds is 5. The minimum Gasteiger partial charge on any atom is -0.476 e. The predicted octanol–water partition coefficient (Wildman–Crippen LogP) is -0.0464. The topological polar surface area (TPSA) is 104 Å². The lowest BCUT2D eigenvalue weighted by molar-refractivity contribution is -0.150. The second kappa shape index (κ2) is 5.72. The summed E-state index contributed by atoms with van der Waals surface area (Å²) < 4.78 is 4.84. The van der Waals surface area contributed by atoms with Gasteiger partial charge in [0, 0.05) is 12.6 Å². The number of carbonyl (C=O) groups excluding carboxylic acids is 2. The Bertz CT molecular complexity index is 539. The van der Waals surface area contributed by atoms with Crippen LogP contribution in [0.5, 0.6) is 0 Å². The molecule has 1 aromatic rings. The molecule has 2 heterocycles. The molecular formula is C12H15N3O5. The molecule has 2 rings (SSSR count). The first-order valence-electron chi connectivity index (χ1n) is 6.25. The molecule has 0 spiro atoms. The van der Waals surface area contributed by atoms with Crippen molar-refractivity contribution in [2.75, 3.05) is 19.6 Å². The van der Waals surface area contributed by atoms with Crippen LogP contribution >= 0.6 is 0 Å². The van der Waals surface area contributed by atoms with Gasteiger partial charge >= 0.3 is 5.97 Å². The fourth-order valence-corrected chi connectivity index (χ4v) is 2.00.